The maximum absolute atomic E-state index is 5.37. The highest BCUT2D eigenvalue weighted by molar-refractivity contribution is 6.60. The summed E-state index contributed by atoms with van der Waals surface area (Å²) in [6, 6.07) is 0.919. The zero-order chi connectivity index (χ0) is 11.0. The van der Waals surface area contributed by atoms with E-state index >= 15 is 0 Å². The molecule has 0 unspecified atom stereocenters. The quantitative estimate of drug-likeness (QED) is 0.659. The van der Waals surface area contributed by atoms with Crippen molar-refractivity contribution in [3.8, 4) is 0 Å². The van der Waals surface area contributed by atoms with Crippen LogP contribution >= 0.6 is 0 Å². The third-order valence-corrected chi connectivity index (χ3v) is 5.71. The zero-order valence-corrected chi connectivity index (χ0v) is 11.8. The van der Waals surface area contributed by atoms with Crippen molar-refractivity contribution in [2.75, 3.05) is 21.3 Å². The highest BCUT2D eigenvalue weighted by Crippen LogP contribution is 2.22. The Balaban J connectivity index is 0. The smallest absolute Gasteiger partial charge is 0.377 e. The van der Waals surface area contributed by atoms with E-state index in [-0.39, 0.29) is 6.15 Å². The minimum absolute atomic E-state index is 0. The van der Waals surface area contributed by atoms with Gasteiger partial charge in [-0.1, -0.05) is 26.7 Å². The highest BCUT2D eigenvalue weighted by Gasteiger charge is 2.37. The standard InChI is InChI=1S/C10H24O3Si.H3N/c1-6-10(7-2)8-9-14(11-3,12-4)13-5;/h10H,6-9H2,1-5H3;1H3. The summed E-state index contributed by atoms with van der Waals surface area (Å²) in [4.78, 5) is 0. The van der Waals surface area contributed by atoms with Gasteiger partial charge in [-0.3, -0.25) is 0 Å². The fourth-order valence-corrected chi connectivity index (χ4v) is 3.51. The first-order valence-corrected chi connectivity index (χ1v) is 7.26. The van der Waals surface area contributed by atoms with E-state index in [1.54, 1.807) is 21.3 Å². The largest absolute Gasteiger partial charge is 0.500 e. The molecule has 0 spiro atoms. The van der Waals surface area contributed by atoms with E-state index in [1.807, 2.05) is 0 Å². The maximum Gasteiger partial charge on any atom is 0.500 e. The van der Waals surface area contributed by atoms with Crippen molar-refractivity contribution in [3.63, 3.8) is 0 Å². The highest BCUT2D eigenvalue weighted by atomic mass is 28.4. The molecule has 0 aliphatic rings. The summed E-state index contributed by atoms with van der Waals surface area (Å²) < 4.78 is 16.1. The molecule has 0 aliphatic heterocycles. The van der Waals surface area contributed by atoms with Crippen LogP contribution in [0.5, 0.6) is 0 Å². The van der Waals surface area contributed by atoms with E-state index in [4.69, 9.17) is 13.3 Å². The summed E-state index contributed by atoms with van der Waals surface area (Å²) in [5.41, 5.74) is 0. The molecule has 0 aromatic heterocycles. The predicted octanol–water partition coefficient (Wildman–Crippen LogP) is 2.85. The molecule has 15 heavy (non-hydrogen) atoms. The van der Waals surface area contributed by atoms with Crippen LogP contribution < -0.4 is 6.15 Å². The third kappa shape index (κ3) is 5.63. The lowest BCUT2D eigenvalue weighted by Gasteiger charge is -2.25. The Morgan fingerprint density at radius 2 is 1.33 bits per heavy atom. The molecule has 0 aromatic rings. The van der Waals surface area contributed by atoms with Crippen LogP contribution in [0.4, 0.5) is 0 Å². The lowest BCUT2D eigenvalue weighted by Crippen LogP contribution is -2.42. The van der Waals surface area contributed by atoms with Crippen LogP contribution in [0, 0.1) is 5.92 Å². The average Bonchev–Trinajstić information content (AvgIpc) is 2.26. The summed E-state index contributed by atoms with van der Waals surface area (Å²) in [7, 11) is 2.71. The minimum atomic E-state index is -2.31. The first kappa shape index (κ1) is 17.5. The van der Waals surface area contributed by atoms with Crippen molar-refractivity contribution >= 4 is 8.80 Å². The molecule has 0 radical (unpaired) electrons. The lowest BCUT2D eigenvalue weighted by atomic mass is 10.0. The van der Waals surface area contributed by atoms with Gasteiger partial charge in [0.05, 0.1) is 0 Å². The Kier molecular flexibility index (Phi) is 10.8. The van der Waals surface area contributed by atoms with Crippen LogP contribution in [-0.4, -0.2) is 30.1 Å². The molecule has 0 saturated heterocycles. The van der Waals surface area contributed by atoms with Crippen molar-refractivity contribution < 1.29 is 13.3 Å². The van der Waals surface area contributed by atoms with Crippen molar-refractivity contribution in [2.45, 2.75) is 39.2 Å². The van der Waals surface area contributed by atoms with Gasteiger partial charge in [-0.2, -0.15) is 0 Å². The van der Waals surface area contributed by atoms with Gasteiger partial charge in [0.25, 0.3) is 0 Å². The molecule has 0 saturated carbocycles. The predicted molar refractivity (Wildman–Crippen MR) is 65.3 cm³/mol. The molecule has 0 rings (SSSR count). The van der Waals surface area contributed by atoms with Crippen LogP contribution in [0.3, 0.4) is 0 Å². The fraction of sp³-hybridized carbons (Fsp3) is 1.00. The molecular weight excluding hydrogens is 210 g/mol. The Morgan fingerprint density at radius 3 is 1.60 bits per heavy atom. The van der Waals surface area contributed by atoms with E-state index in [0.29, 0.717) is 0 Å². The molecular formula is C10H27NO3Si. The summed E-state index contributed by atoms with van der Waals surface area (Å²) in [5.74, 6) is 0.766. The molecule has 0 aromatic carbocycles. The van der Waals surface area contributed by atoms with Gasteiger partial charge in [0.2, 0.25) is 0 Å². The fourth-order valence-electron chi connectivity index (χ4n) is 1.63. The van der Waals surface area contributed by atoms with Gasteiger partial charge < -0.3 is 19.4 Å². The second kappa shape index (κ2) is 9.29. The number of rotatable bonds is 8. The molecule has 4 nitrogen and oxygen atoms in total. The Hall–Kier alpha value is 0.0569. The van der Waals surface area contributed by atoms with E-state index in [2.05, 4.69) is 13.8 Å². The van der Waals surface area contributed by atoms with Crippen LogP contribution in [0.1, 0.15) is 33.1 Å². The Morgan fingerprint density at radius 1 is 0.933 bits per heavy atom. The van der Waals surface area contributed by atoms with Crippen molar-refractivity contribution in [3.05, 3.63) is 0 Å². The Labute approximate surface area is 95.3 Å². The lowest BCUT2D eigenvalue weighted by molar-refractivity contribution is 0.121. The van der Waals surface area contributed by atoms with Crippen molar-refractivity contribution in [1.82, 2.24) is 6.15 Å². The molecule has 5 heteroatoms. The monoisotopic (exact) mass is 237 g/mol. The zero-order valence-electron chi connectivity index (χ0n) is 10.8. The maximum atomic E-state index is 5.37. The van der Waals surface area contributed by atoms with Gasteiger partial charge >= 0.3 is 8.80 Å². The average molecular weight is 237 g/mol. The first-order valence-electron chi connectivity index (χ1n) is 5.33. The van der Waals surface area contributed by atoms with Crippen molar-refractivity contribution in [1.29, 1.82) is 0 Å². The Bertz CT molecular complexity index is 130. The molecule has 94 valence electrons. The topological polar surface area (TPSA) is 62.7 Å². The summed E-state index contributed by atoms with van der Waals surface area (Å²) in [5, 5.41) is 0. The van der Waals surface area contributed by atoms with Gasteiger partial charge in [0, 0.05) is 27.4 Å². The molecule has 0 atom stereocenters. The molecule has 0 bridgehead atoms. The number of hydrogen-bond donors (Lipinski definition) is 1. The van der Waals surface area contributed by atoms with E-state index < -0.39 is 8.80 Å². The second-order valence-electron chi connectivity index (χ2n) is 3.52. The van der Waals surface area contributed by atoms with E-state index in [9.17, 15) is 0 Å². The summed E-state index contributed by atoms with van der Waals surface area (Å²) >= 11 is 0. The minimum Gasteiger partial charge on any atom is -0.377 e. The molecule has 0 fully saturated rings. The first-order chi connectivity index (χ1) is 6.67. The van der Waals surface area contributed by atoms with Gasteiger partial charge in [0.15, 0.2) is 0 Å². The van der Waals surface area contributed by atoms with Gasteiger partial charge in [-0.25, -0.2) is 0 Å². The third-order valence-electron chi connectivity index (χ3n) is 2.95. The van der Waals surface area contributed by atoms with Crippen molar-refractivity contribution in [2.24, 2.45) is 5.92 Å². The van der Waals surface area contributed by atoms with Crippen LogP contribution in [0.15, 0.2) is 0 Å². The summed E-state index contributed by atoms with van der Waals surface area (Å²) in [6.45, 7) is 4.45. The normalized spacial score (nSPS) is 11.6. The van der Waals surface area contributed by atoms with Crippen LogP contribution in [-0.2, 0) is 13.3 Å². The number of hydrogen-bond acceptors (Lipinski definition) is 4. The SMILES string of the molecule is CCC(CC)CC[Si](OC)(OC)OC.N. The molecule has 0 aliphatic carbocycles. The van der Waals surface area contributed by atoms with Crippen LogP contribution in [0.25, 0.3) is 0 Å². The van der Waals surface area contributed by atoms with Gasteiger partial charge in [-0.15, -0.1) is 0 Å². The van der Waals surface area contributed by atoms with Crippen LogP contribution in [0.2, 0.25) is 6.04 Å². The molecule has 0 amide bonds. The summed E-state index contributed by atoms with van der Waals surface area (Å²) in [6.07, 6.45) is 3.57. The van der Waals surface area contributed by atoms with E-state index in [0.717, 1.165) is 18.4 Å². The molecule has 3 N–H and O–H groups in total. The van der Waals surface area contributed by atoms with Gasteiger partial charge in [-0.05, 0) is 12.3 Å². The molecule has 0 heterocycles. The van der Waals surface area contributed by atoms with Gasteiger partial charge in [0.1, 0.15) is 0 Å². The second-order valence-corrected chi connectivity index (χ2v) is 6.61. The van der Waals surface area contributed by atoms with E-state index in [1.165, 1.54) is 12.8 Å².